The first-order valence-corrected chi connectivity index (χ1v) is 51.4. The summed E-state index contributed by atoms with van der Waals surface area (Å²) in [7, 11) is 0. The van der Waals surface area contributed by atoms with Gasteiger partial charge in [0.25, 0.3) is 0 Å². The number of nitrogens with zero attached hydrogens (tertiary/aromatic N) is 8. The molecule has 10 heteroatoms. The smallest absolute Gasteiger partial charge is 0.163 e. The van der Waals surface area contributed by atoms with Gasteiger partial charge >= 0.3 is 0 Å². The molecule has 134 heavy (non-hydrogen) atoms. The number of aryl methyl sites for hydroxylation is 4. The van der Waals surface area contributed by atoms with E-state index in [9.17, 15) is 0 Å². The molecule has 16 saturated carbocycles. The molecule has 0 radical (unpaired) electrons. The third-order valence-electron chi connectivity index (χ3n) is 37.5. The molecule has 6 heterocycles. The Kier molecular flexibility index (Phi) is 17.3. The van der Waals surface area contributed by atoms with Gasteiger partial charge in [0.2, 0.25) is 0 Å². The Morgan fingerprint density at radius 1 is 0.254 bits per heavy atom. The summed E-state index contributed by atoms with van der Waals surface area (Å²) < 4.78 is 13.9. The van der Waals surface area contributed by atoms with E-state index in [-0.39, 0.29) is 21.7 Å². The third-order valence-corrected chi connectivity index (χ3v) is 37.5. The summed E-state index contributed by atoms with van der Waals surface area (Å²) in [5, 5.41) is 4.56. The summed E-state index contributed by atoms with van der Waals surface area (Å²) in [6.07, 6.45) is 32.2. The van der Waals surface area contributed by atoms with Gasteiger partial charge in [0, 0.05) is 71.1 Å². The molecule has 0 amide bonds. The van der Waals surface area contributed by atoms with Crippen molar-refractivity contribution >= 4 is 78.0 Å². The molecular weight excluding hydrogens is 1630 g/mol. The fourth-order valence-electron chi connectivity index (χ4n) is 34.3. The first-order valence-electron chi connectivity index (χ1n) is 51.4. The van der Waals surface area contributed by atoms with Gasteiger partial charge < -0.3 is 18.6 Å². The number of rotatable bonds is 12. The molecule has 18 aliphatic rings. The summed E-state index contributed by atoms with van der Waals surface area (Å²) >= 11 is 0. The highest BCUT2D eigenvalue weighted by Gasteiger charge is 2.61. The SMILES string of the molecule is Cc1cc(-c2nc(C34CC5CC(CC(C5)C3)C4)nc(C34CC5CC(CC(C5)C3)C4)n2)cc(C)c1N1c2ccccc2C(c2ccccc2)(c2cccc3c2oc2ccccc23)c2ccccc21.Cc1cc(N2c3ccccc3C(c3ccccc3)(c3cccc4c3oc3ccccc34)c3ccccc32)cc(C)c1-c1nc(C23CC4CC(CC(C4)C2)C3)nc(C23CC4CC(CC(C4)C2)C3)n1. The predicted octanol–water partition coefficient (Wildman–Crippen LogP) is 30.3. The molecule has 10 nitrogen and oxygen atoms in total. The van der Waals surface area contributed by atoms with Crippen molar-refractivity contribution in [2.24, 2.45) is 71.0 Å². The van der Waals surface area contributed by atoms with E-state index in [4.69, 9.17) is 38.7 Å². The molecule has 34 rings (SSSR count). The maximum absolute atomic E-state index is 6.94. The number of para-hydroxylation sites is 8. The normalized spacial score (nSPS) is 29.4. The maximum atomic E-state index is 6.94. The van der Waals surface area contributed by atoms with Crippen LogP contribution in [0.3, 0.4) is 0 Å². The van der Waals surface area contributed by atoms with Crippen LogP contribution in [0, 0.1) is 98.7 Å². The van der Waals surface area contributed by atoms with Gasteiger partial charge in [-0.25, -0.2) is 29.9 Å². The van der Waals surface area contributed by atoms with Crippen LogP contribution in [-0.2, 0) is 32.5 Å². The molecule has 0 unspecified atom stereocenters. The molecule has 0 spiro atoms. The molecule has 664 valence electrons. The van der Waals surface area contributed by atoms with E-state index < -0.39 is 10.8 Å². The molecule has 4 aromatic heterocycles. The van der Waals surface area contributed by atoms with Gasteiger partial charge in [0.15, 0.2) is 11.6 Å². The number of hydrogen-bond acceptors (Lipinski definition) is 10. The van der Waals surface area contributed by atoms with Crippen molar-refractivity contribution < 1.29 is 8.83 Å². The molecule has 0 saturated heterocycles. The summed E-state index contributed by atoms with van der Waals surface area (Å²) in [5.41, 5.74) is 26.6. The lowest BCUT2D eigenvalue weighted by atomic mass is 9.49. The minimum absolute atomic E-state index is 0.102. The lowest BCUT2D eigenvalue weighted by molar-refractivity contribution is -0.0157. The van der Waals surface area contributed by atoms with Gasteiger partial charge in [-0.15, -0.1) is 0 Å². The summed E-state index contributed by atoms with van der Waals surface area (Å²) in [5.74, 6) is 16.4. The Hall–Kier alpha value is -12.1. The van der Waals surface area contributed by atoms with Crippen molar-refractivity contribution in [3.8, 4) is 22.8 Å². The second-order valence-corrected chi connectivity index (χ2v) is 45.8. The Labute approximate surface area is 786 Å². The first kappa shape index (κ1) is 79.3. The highest BCUT2D eigenvalue weighted by atomic mass is 16.3. The molecule has 16 bridgehead atoms. The van der Waals surface area contributed by atoms with E-state index >= 15 is 0 Å². The summed E-state index contributed by atoms with van der Waals surface area (Å²) in [6, 6.07) is 98.7. The van der Waals surface area contributed by atoms with E-state index in [1.54, 1.807) is 0 Å². The van der Waals surface area contributed by atoms with Gasteiger partial charge in [-0.3, -0.25) is 0 Å². The molecule has 0 N–H and O–H groups in total. The lowest BCUT2D eigenvalue weighted by Gasteiger charge is -2.57. The van der Waals surface area contributed by atoms with Gasteiger partial charge in [-0.2, -0.15) is 0 Å². The molecule has 16 fully saturated rings. The predicted molar refractivity (Wildman–Crippen MR) is 537 cm³/mol. The molecule has 0 atom stereocenters. The zero-order chi connectivity index (χ0) is 88.5. The van der Waals surface area contributed by atoms with Crippen LogP contribution in [-0.4, -0.2) is 29.9 Å². The van der Waals surface area contributed by atoms with E-state index in [1.165, 1.54) is 232 Å². The number of hydrogen-bond donors (Lipinski definition) is 0. The van der Waals surface area contributed by atoms with E-state index in [0.717, 1.165) is 184 Å². The molecule has 16 aliphatic carbocycles. The minimum Gasteiger partial charge on any atom is -0.456 e. The lowest BCUT2D eigenvalue weighted by Crippen LogP contribution is -2.51. The van der Waals surface area contributed by atoms with Crippen LogP contribution >= 0.6 is 0 Å². The molecule has 16 aromatic rings. The number of benzene rings is 12. The van der Waals surface area contributed by atoms with Crippen molar-refractivity contribution in [3.63, 3.8) is 0 Å². The van der Waals surface area contributed by atoms with Gasteiger partial charge in [0.1, 0.15) is 45.6 Å². The Morgan fingerprint density at radius 2 is 0.530 bits per heavy atom. The quantitative estimate of drug-likeness (QED) is 0.117. The monoisotopic (exact) mass is 1750 g/mol. The van der Waals surface area contributed by atoms with Crippen LogP contribution in [0.15, 0.2) is 276 Å². The van der Waals surface area contributed by atoms with E-state index in [2.05, 4.69) is 304 Å². The standard InChI is InChI=1S/2C62H58N4O/c1-37-23-45(57-63-58(60-31-39-25-40(32-60)27-41(26-39)33-60)65-59(64-57)61-34-42-28-43(35-61)30-44(29-42)36-61)24-38(2)55(37)66-52-20-9-7-17-49(52)62(46-13-4-3-5-14-46,50-18-8-10-21-53(50)66)51-19-12-16-48-47-15-6-11-22-54(47)67-56(48)51;1-37-23-46(24-38(2)55(37)57-63-58(60-31-39-25-40(32-60)27-41(26-39)33-60)65-59(64-57)61-34-42-28-43(35-61)30-44(29-42)36-61)66-52-20-9-7-17-49(52)62(45-13-4-3-5-14-45,50-18-8-10-21-53(50)66)51-19-12-16-48-47-15-6-11-22-54(47)67-56(48)51/h2*3-24,39-44H,25-36H2,1-2H3. The summed E-state index contributed by atoms with van der Waals surface area (Å²) in [6.45, 7) is 9.24. The Morgan fingerprint density at radius 3 is 0.866 bits per heavy atom. The molecule has 12 aromatic carbocycles. The number of anilines is 6. The van der Waals surface area contributed by atoms with Crippen LogP contribution in [0.2, 0.25) is 0 Å². The highest BCUT2D eigenvalue weighted by molar-refractivity contribution is 6.09. The number of fused-ring (bicyclic) bond motifs is 10. The van der Waals surface area contributed by atoms with Crippen molar-refractivity contribution in [3.05, 3.63) is 357 Å². The van der Waals surface area contributed by atoms with E-state index in [1.807, 2.05) is 0 Å². The van der Waals surface area contributed by atoms with Gasteiger partial charge in [-0.05, 0) is 369 Å². The number of furan rings is 2. The van der Waals surface area contributed by atoms with E-state index in [0.29, 0.717) is 0 Å². The number of aromatic nitrogens is 6. The van der Waals surface area contributed by atoms with Crippen LogP contribution in [0.1, 0.15) is 244 Å². The van der Waals surface area contributed by atoms with Crippen molar-refractivity contribution in [2.45, 2.75) is 214 Å². The van der Waals surface area contributed by atoms with Crippen LogP contribution < -0.4 is 9.80 Å². The van der Waals surface area contributed by atoms with Crippen LogP contribution in [0.4, 0.5) is 34.1 Å². The molecular formula is C124H116N8O2. The highest BCUT2D eigenvalue weighted by Crippen LogP contribution is 2.69. The van der Waals surface area contributed by atoms with Gasteiger partial charge in [-0.1, -0.05) is 206 Å². The average molecular weight is 1750 g/mol. The van der Waals surface area contributed by atoms with Crippen LogP contribution in [0.5, 0.6) is 0 Å². The Balaban J connectivity index is 0.000000131. The largest absolute Gasteiger partial charge is 0.456 e. The average Bonchev–Trinajstić information content (AvgIpc) is 1.11. The minimum atomic E-state index is -0.674. The first-order chi connectivity index (χ1) is 65.7. The van der Waals surface area contributed by atoms with Crippen molar-refractivity contribution in [1.29, 1.82) is 0 Å². The summed E-state index contributed by atoms with van der Waals surface area (Å²) in [4.78, 5) is 39.5. The topological polar surface area (TPSA) is 110 Å². The van der Waals surface area contributed by atoms with Crippen LogP contribution in [0.25, 0.3) is 66.7 Å². The second kappa shape index (κ2) is 29.2. The van der Waals surface area contributed by atoms with Gasteiger partial charge in [0.05, 0.1) is 39.3 Å². The zero-order valence-corrected chi connectivity index (χ0v) is 77.7. The second-order valence-electron chi connectivity index (χ2n) is 45.8. The van der Waals surface area contributed by atoms with Crippen molar-refractivity contribution in [2.75, 3.05) is 9.80 Å². The fraction of sp³-hybridized carbons (Fsp3) is 0.371. The van der Waals surface area contributed by atoms with Crippen molar-refractivity contribution in [1.82, 2.24) is 29.9 Å². The maximum Gasteiger partial charge on any atom is 0.163 e. The third kappa shape index (κ3) is 11.6. The molecule has 2 aliphatic heterocycles. The Bertz CT molecular complexity index is 7130. The fourth-order valence-corrected chi connectivity index (χ4v) is 34.3. The zero-order valence-electron chi connectivity index (χ0n) is 77.7.